The normalized spacial score (nSPS) is 23.5. The van der Waals surface area contributed by atoms with Crippen LogP contribution in [0.1, 0.15) is 73.6 Å². The van der Waals surface area contributed by atoms with Crippen LogP contribution >= 0.6 is 0 Å². The molecule has 214 valence electrons. The van der Waals surface area contributed by atoms with Gasteiger partial charge in [-0.25, -0.2) is 4.79 Å². The molecule has 4 atom stereocenters. The summed E-state index contributed by atoms with van der Waals surface area (Å²) in [5, 5.41) is 0. The second-order valence-electron chi connectivity index (χ2n) is 11.7. The molecule has 1 unspecified atom stereocenters. The quantitative estimate of drug-likeness (QED) is 0.219. The largest absolute Gasteiger partial charge is 0.457 e. The van der Waals surface area contributed by atoms with E-state index in [-0.39, 0.29) is 36.2 Å². The van der Waals surface area contributed by atoms with Crippen LogP contribution in [0, 0.1) is 5.92 Å². The monoisotopic (exact) mass is 553 g/mol. The predicted molar refractivity (Wildman–Crippen MR) is 157 cm³/mol. The van der Waals surface area contributed by atoms with Crippen molar-refractivity contribution in [2.75, 3.05) is 13.3 Å². The molecule has 2 bridgehead atoms. The molecule has 6 heteroatoms. The molecule has 3 aliphatic rings. The lowest BCUT2D eigenvalue weighted by Gasteiger charge is -2.58. The fourth-order valence-electron chi connectivity index (χ4n) is 7.58. The molecule has 1 heterocycles. The van der Waals surface area contributed by atoms with Gasteiger partial charge in [0, 0.05) is 18.0 Å². The minimum Gasteiger partial charge on any atom is -0.457 e. The Hall–Kier alpha value is -3.80. The Morgan fingerprint density at radius 1 is 0.951 bits per heavy atom. The van der Waals surface area contributed by atoms with Crippen LogP contribution in [-0.2, 0) is 32.7 Å². The molecular formula is C35H39NO5. The fourth-order valence-corrected chi connectivity index (χ4v) is 7.58. The first-order valence-corrected chi connectivity index (χ1v) is 15.0. The summed E-state index contributed by atoms with van der Waals surface area (Å²) in [4.78, 5) is 28.1. The molecule has 1 saturated carbocycles. The van der Waals surface area contributed by atoms with Crippen LogP contribution in [0.15, 0.2) is 78.9 Å². The molecule has 2 aliphatic carbocycles. The van der Waals surface area contributed by atoms with Gasteiger partial charge in [0.25, 0.3) is 0 Å². The number of amides is 1. The zero-order valence-corrected chi connectivity index (χ0v) is 23.8. The van der Waals surface area contributed by atoms with Crippen molar-refractivity contribution in [3.63, 3.8) is 0 Å². The second-order valence-corrected chi connectivity index (χ2v) is 11.7. The first-order chi connectivity index (χ1) is 20.1. The first-order valence-electron chi connectivity index (χ1n) is 15.0. The van der Waals surface area contributed by atoms with E-state index in [1.165, 1.54) is 24.0 Å². The highest BCUT2D eigenvalue weighted by Gasteiger charge is 2.55. The Labute approximate surface area is 242 Å². The van der Waals surface area contributed by atoms with Crippen LogP contribution in [0.25, 0.3) is 0 Å². The summed E-state index contributed by atoms with van der Waals surface area (Å²) < 4.78 is 17.3. The van der Waals surface area contributed by atoms with E-state index in [1.54, 1.807) is 0 Å². The third-order valence-electron chi connectivity index (χ3n) is 9.57. The van der Waals surface area contributed by atoms with Crippen molar-refractivity contribution in [2.45, 2.75) is 75.9 Å². The summed E-state index contributed by atoms with van der Waals surface area (Å²) in [6.07, 6.45) is 6.85. The van der Waals surface area contributed by atoms with Gasteiger partial charge in [-0.15, -0.1) is 0 Å². The zero-order valence-electron chi connectivity index (χ0n) is 23.8. The molecule has 3 aromatic carbocycles. The maximum atomic E-state index is 13.3. The van der Waals surface area contributed by atoms with Gasteiger partial charge >= 0.3 is 12.1 Å². The smallest absolute Gasteiger partial charge is 0.410 e. The van der Waals surface area contributed by atoms with Gasteiger partial charge in [-0.3, -0.25) is 4.79 Å². The van der Waals surface area contributed by atoms with Gasteiger partial charge in [-0.1, -0.05) is 86.5 Å². The van der Waals surface area contributed by atoms with E-state index < -0.39 is 0 Å². The van der Waals surface area contributed by atoms with Crippen LogP contribution in [0.2, 0.25) is 0 Å². The molecule has 1 saturated heterocycles. The number of piperidine rings is 1. The van der Waals surface area contributed by atoms with Crippen molar-refractivity contribution in [3.8, 4) is 5.75 Å². The molecule has 1 amide bonds. The molecule has 0 aromatic heterocycles. The van der Waals surface area contributed by atoms with Gasteiger partial charge in [-0.05, 0) is 72.4 Å². The van der Waals surface area contributed by atoms with Crippen molar-refractivity contribution in [1.29, 1.82) is 0 Å². The number of ether oxygens (including phenoxy) is 3. The van der Waals surface area contributed by atoms with Gasteiger partial charge in [0.1, 0.15) is 12.4 Å². The lowest BCUT2D eigenvalue weighted by atomic mass is 9.52. The third-order valence-corrected chi connectivity index (χ3v) is 9.57. The Balaban J connectivity index is 1.14. The summed E-state index contributed by atoms with van der Waals surface area (Å²) in [6.45, 7) is 2.88. The average molecular weight is 554 g/mol. The van der Waals surface area contributed by atoms with Crippen LogP contribution in [0.5, 0.6) is 5.75 Å². The van der Waals surface area contributed by atoms with Gasteiger partial charge in [0.05, 0.1) is 5.92 Å². The SMILES string of the molecule is CCC(C(=O)OCOc1ccc2c(c1)[C@@]13CCCC[C@H]1[C@@H](C2)N(C(=O)OCc1ccccc1)CC3)c1ccccc1. The molecule has 0 spiro atoms. The Bertz CT molecular complexity index is 1360. The molecule has 41 heavy (non-hydrogen) atoms. The number of fused-ring (bicyclic) bond motifs is 1. The highest BCUT2D eigenvalue weighted by molar-refractivity contribution is 5.78. The minimum absolute atomic E-state index is 0.0450. The molecule has 0 radical (unpaired) electrons. The van der Waals surface area contributed by atoms with Crippen molar-refractivity contribution >= 4 is 12.1 Å². The Morgan fingerprint density at radius 2 is 1.73 bits per heavy atom. The number of carbonyl (C=O) groups is 2. The topological polar surface area (TPSA) is 65.1 Å². The summed E-state index contributed by atoms with van der Waals surface area (Å²) in [7, 11) is 0. The van der Waals surface area contributed by atoms with E-state index >= 15 is 0 Å². The minimum atomic E-state index is -0.299. The zero-order chi connectivity index (χ0) is 28.2. The van der Waals surface area contributed by atoms with Crippen molar-refractivity contribution in [3.05, 3.63) is 101 Å². The van der Waals surface area contributed by atoms with Crippen LogP contribution in [0.3, 0.4) is 0 Å². The number of hydrogen-bond acceptors (Lipinski definition) is 5. The molecule has 1 aliphatic heterocycles. The maximum Gasteiger partial charge on any atom is 0.410 e. The number of carbonyl (C=O) groups excluding carboxylic acids is 2. The average Bonchev–Trinajstić information content (AvgIpc) is 3.01. The Morgan fingerprint density at radius 3 is 2.51 bits per heavy atom. The number of nitrogens with zero attached hydrogens (tertiary/aromatic N) is 1. The molecule has 2 fully saturated rings. The molecule has 0 N–H and O–H groups in total. The Kier molecular flexibility index (Phi) is 8.00. The third kappa shape index (κ3) is 5.44. The predicted octanol–water partition coefficient (Wildman–Crippen LogP) is 7.16. The summed E-state index contributed by atoms with van der Waals surface area (Å²) in [5.74, 6) is 0.570. The number of likely N-dealkylation sites (tertiary alicyclic amines) is 1. The second kappa shape index (κ2) is 12.0. The van der Waals surface area contributed by atoms with Crippen molar-refractivity contribution in [1.82, 2.24) is 4.90 Å². The van der Waals surface area contributed by atoms with Gasteiger partial charge in [-0.2, -0.15) is 0 Å². The fraction of sp³-hybridized carbons (Fsp3) is 0.429. The maximum absolute atomic E-state index is 13.3. The molecule has 6 nitrogen and oxygen atoms in total. The van der Waals surface area contributed by atoms with E-state index in [9.17, 15) is 9.59 Å². The van der Waals surface area contributed by atoms with Crippen LogP contribution < -0.4 is 4.74 Å². The van der Waals surface area contributed by atoms with Crippen molar-refractivity contribution in [2.24, 2.45) is 5.92 Å². The van der Waals surface area contributed by atoms with Crippen LogP contribution in [0.4, 0.5) is 4.79 Å². The van der Waals surface area contributed by atoms with Gasteiger partial charge < -0.3 is 19.1 Å². The highest BCUT2D eigenvalue weighted by Crippen LogP contribution is 2.56. The van der Waals surface area contributed by atoms with Crippen molar-refractivity contribution < 1.29 is 23.8 Å². The summed E-state index contributed by atoms with van der Waals surface area (Å²) in [5.41, 5.74) is 4.65. The highest BCUT2D eigenvalue weighted by atomic mass is 16.7. The standard InChI is InChI=1S/C35H39NO5/c1-2-29(26-13-7-4-8-14-26)33(37)41-24-40-28-17-16-27-21-32-30-15-9-10-18-35(30,31(27)22-28)19-20-36(32)34(38)39-23-25-11-5-3-6-12-25/h3-8,11-14,16-17,22,29-30,32H,2,9-10,15,18-21,23-24H2,1H3/t29?,30-,32+,35+/m0/s1. The summed E-state index contributed by atoms with van der Waals surface area (Å²) >= 11 is 0. The lowest BCUT2D eigenvalue weighted by Crippen LogP contribution is -2.62. The number of hydrogen-bond donors (Lipinski definition) is 0. The van der Waals surface area contributed by atoms with Gasteiger partial charge in [0.2, 0.25) is 6.79 Å². The first kappa shape index (κ1) is 27.4. The number of benzene rings is 3. The lowest BCUT2D eigenvalue weighted by molar-refractivity contribution is -0.152. The van der Waals surface area contributed by atoms with E-state index in [1.807, 2.05) is 78.6 Å². The molecule has 6 rings (SSSR count). The van der Waals surface area contributed by atoms with Gasteiger partial charge in [0.15, 0.2) is 0 Å². The molecular weight excluding hydrogens is 514 g/mol. The number of esters is 1. The molecule has 3 aromatic rings. The van der Waals surface area contributed by atoms with E-state index in [2.05, 4.69) is 12.1 Å². The van der Waals surface area contributed by atoms with E-state index in [0.29, 0.717) is 25.5 Å². The van der Waals surface area contributed by atoms with E-state index in [4.69, 9.17) is 14.2 Å². The number of rotatable bonds is 8. The summed E-state index contributed by atoms with van der Waals surface area (Å²) in [6, 6.07) is 26.0. The van der Waals surface area contributed by atoms with E-state index in [0.717, 1.165) is 42.6 Å². The van der Waals surface area contributed by atoms with Crippen LogP contribution in [-0.4, -0.2) is 36.3 Å².